The van der Waals surface area contributed by atoms with Crippen LogP contribution in [0.1, 0.15) is 16.0 Å². The molecule has 0 unspecified atom stereocenters. The van der Waals surface area contributed by atoms with Crippen LogP contribution in [0, 0.1) is 24.1 Å². The number of halogens is 1. The Morgan fingerprint density at radius 3 is 1.88 bits per heavy atom. The smallest absolute Gasteiger partial charge is 0.139 e. The highest BCUT2D eigenvalue weighted by Gasteiger charge is 2.19. The van der Waals surface area contributed by atoms with Crippen molar-refractivity contribution in [2.45, 2.75) is 6.92 Å². The van der Waals surface area contributed by atoms with Gasteiger partial charge in [-0.3, -0.25) is 4.57 Å². The van der Waals surface area contributed by atoms with Crippen LogP contribution in [0.15, 0.2) is 170 Å². The summed E-state index contributed by atoms with van der Waals surface area (Å²) in [5, 5.41) is 16.4. The van der Waals surface area contributed by atoms with Crippen LogP contribution in [0.25, 0.3) is 104 Å². The van der Waals surface area contributed by atoms with Crippen LogP contribution in [0.4, 0.5) is 4.39 Å². The summed E-state index contributed by atoms with van der Waals surface area (Å²) in [6.45, 7) is 6.07. The number of allylic oxidation sites excluding steroid dienone is 2. The number of fused-ring (bicyclic) bond motifs is 8. The van der Waals surface area contributed by atoms with Crippen molar-refractivity contribution in [3.05, 3.63) is 192 Å². The lowest BCUT2D eigenvalue weighted by Crippen LogP contribution is -1.99. The van der Waals surface area contributed by atoms with Gasteiger partial charge in [0.05, 0.1) is 39.2 Å². The number of aryl methyl sites for hydroxylation is 1. The Hall–Kier alpha value is -7.59. The predicted octanol–water partition coefficient (Wildman–Crippen LogP) is 14.5. The van der Waals surface area contributed by atoms with Gasteiger partial charge in [-0.25, -0.2) is 9.37 Å². The molecular formula is C53H33FN4S. The summed E-state index contributed by atoms with van der Waals surface area (Å²) in [7, 11) is 0. The second kappa shape index (κ2) is 13.5. The summed E-state index contributed by atoms with van der Waals surface area (Å²) in [5.41, 5.74) is 12.0. The molecule has 278 valence electrons. The summed E-state index contributed by atoms with van der Waals surface area (Å²) in [6.07, 6.45) is 5.99. The summed E-state index contributed by atoms with van der Waals surface area (Å²) in [4.78, 5) is 6.18. The third-order valence-electron chi connectivity index (χ3n) is 11.5. The number of hydrogen-bond acceptors (Lipinski definition) is 3. The van der Waals surface area contributed by atoms with Crippen molar-refractivity contribution in [3.8, 4) is 39.8 Å². The van der Waals surface area contributed by atoms with E-state index in [-0.39, 0.29) is 5.82 Å². The molecule has 6 heteroatoms. The van der Waals surface area contributed by atoms with Crippen molar-refractivity contribution in [2.24, 2.45) is 0 Å². The zero-order valence-electron chi connectivity index (χ0n) is 31.9. The highest BCUT2D eigenvalue weighted by atomic mass is 32.1. The molecule has 4 heterocycles. The molecule has 0 saturated heterocycles. The predicted molar refractivity (Wildman–Crippen MR) is 245 cm³/mol. The Morgan fingerprint density at radius 2 is 1.20 bits per heavy atom. The molecule has 0 spiro atoms. The fourth-order valence-corrected chi connectivity index (χ4v) is 9.85. The molecule has 0 N–H and O–H groups in total. The first-order chi connectivity index (χ1) is 29.0. The van der Waals surface area contributed by atoms with Gasteiger partial charge in [0, 0.05) is 53.6 Å². The lowest BCUT2D eigenvalue weighted by Gasteiger charge is -2.10. The van der Waals surface area contributed by atoms with E-state index in [0.717, 1.165) is 49.7 Å². The van der Waals surface area contributed by atoms with Crippen LogP contribution in [-0.2, 0) is 0 Å². The number of rotatable bonds is 6. The Balaban J connectivity index is 1.10. The molecule has 0 aliphatic rings. The number of hydrogen-bond donors (Lipinski definition) is 0. The van der Waals surface area contributed by atoms with E-state index in [1.807, 2.05) is 35.6 Å². The average molecular weight is 777 g/mol. The molecule has 4 aromatic heterocycles. The standard InChI is InChI=1S/C53H33FN4S/c1-3-4-12-40-32(2)59-52-24-18-36(28-46(40)52)35-16-22-50-45(27-35)44-26-34(15-21-49(44)57(50)39-10-6-5-7-11-39)33-17-23-51-43(25-33)42-13-8-9-14-48(42)58(51)53-29-37(31-55)41-20-19-38(54)30-47(41)56-53/h3-30H,1H2,2H3/b12-4-. The number of nitriles is 1. The van der Waals surface area contributed by atoms with Gasteiger partial charge in [0.1, 0.15) is 11.6 Å². The third-order valence-corrected chi connectivity index (χ3v) is 12.6. The first-order valence-electron chi connectivity index (χ1n) is 19.5. The van der Waals surface area contributed by atoms with E-state index in [2.05, 4.69) is 150 Å². The molecule has 7 aromatic carbocycles. The highest BCUT2D eigenvalue weighted by Crippen LogP contribution is 2.41. The van der Waals surface area contributed by atoms with Gasteiger partial charge in [0.25, 0.3) is 0 Å². The van der Waals surface area contributed by atoms with Gasteiger partial charge in [-0.1, -0.05) is 85.5 Å². The molecule has 4 nitrogen and oxygen atoms in total. The number of thiophene rings is 1. The van der Waals surface area contributed by atoms with Crippen molar-refractivity contribution in [1.82, 2.24) is 14.1 Å². The SMILES string of the molecule is C=C/C=C\c1c(C)sc2ccc(-c3ccc4c(c3)c3cc(-c5ccc6c(c5)c5ccccc5n6-c5cc(C#N)c6ccc(F)cc6n5)ccc3n4-c3ccccc3)cc12. The largest absolute Gasteiger partial charge is 0.309 e. The molecule has 0 aliphatic heterocycles. The first kappa shape index (κ1) is 34.6. The van der Waals surface area contributed by atoms with Gasteiger partial charge in [-0.15, -0.1) is 11.3 Å². The number of nitrogens with zero attached hydrogens (tertiary/aromatic N) is 4. The topological polar surface area (TPSA) is 46.5 Å². The van der Waals surface area contributed by atoms with E-state index in [0.29, 0.717) is 22.3 Å². The van der Waals surface area contributed by atoms with E-state index < -0.39 is 0 Å². The fourth-order valence-electron chi connectivity index (χ4n) is 8.82. The van der Waals surface area contributed by atoms with Crippen LogP contribution < -0.4 is 0 Å². The summed E-state index contributed by atoms with van der Waals surface area (Å²) in [6, 6.07) is 54.2. The Morgan fingerprint density at radius 1 is 0.610 bits per heavy atom. The summed E-state index contributed by atoms with van der Waals surface area (Å²) in [5.74, 6) is 0.182. The quantitative estimate of drug-likeness (QED) is 0.158. The molecule has 0 fully saturated rings. The Labute approximate surface area is 343 Å². The molecule has 59 heavy (non-hydrogen) atoms. The molecule has 0 radical (unpaired) electrons. The normalized spacial score (nSPS) is 11.9. The van der Waals surface area contributed by atoms with Crippen molar-refractivity contribution < 1.29 is 4.39 Å². The maximum Gasteiger partial charge on any atom is 0.139 e. The minimum Gasteiger partial charge on any atom is -0.309 e. The van der Waals surface area contributed by atoms with Crippen molar-refractivity contribution >= 4 is 82.0 Å². The molecule has 11 rings (SSSR count). The molecule has 0 aliphatic carbocycles. The second-order valence-corrected chi connectivity index (χ2v) is 16.2. The molecule has 0 saturated carbocycles. The molecule has 0 bridgehead atoms. The first-order valence-corrected chi connectivity index (χ1v) is 20.3. The maximum atomic E-state index is 14.4. The van der Waals surface area contributed by atoms with Crippen LogP contribution in [0.2, 0.25) is 0 Å². The molecule has 0 amide bonds. The monoisotopic (exact) mass is 776 g/mol. The van der Waals surface area contributed by atoms with Crippen LogP contribution in [0.5, 0.6) is 0 Å². The average Bonchev–Trinajstić information content (AvgIpc) is 3.90. The van der Waals surface area contributed by atoms with Crippen molar-refractivity contribution in [2.75, 3.05) is 0 Å². The maximum absolute atomic E-state index is 14.4. The van der Waals surface area contributed by atoms with Gasteiger partial charge >= 0.3 is 0 Å². The number of pyridine rings is 1. The number of aromatic nitrogens is 3. The molecule has 11 aromatic rings. The van der Waals surface area contributed by atoms with Crippen LogP contribution in [0.3, 0.4) is 0 Å². The van der Waals surface area contributed by atoms with Gasteiger partial charge in [0.2, 0.25) is 0 Å². The Bertz CT molecular complexity index is 3620. The van der Waals surface area contributed by atoms with E-state index in [4.69, 9.17) is 4.98 Å². The zero-order valence-corrected chi connectivity index (χ0v) is 32.8. The van der Waals surface area contributed by atoms with Gasteiger partial charge in [-0.05, 0) is 120 Å². The summed E-state index contributed by atoms with van der Waals surface area (Å²) >= 11 is 1.82. The third kappa shape index (κ3) is 5.51. The minimum atomic E-state index is -0.390. The van der Waals surface area contributed by atoms with E-state index in [1.54, 1.807) is 12.1 Å². The fraction of sp³-hybridized carbons (Fsp3) is 0.0189. The summed E-state index contributed by atoms with van der Waals surface area (Å²) < 4.78 is 20.1. The van der Waals surface area contributed by atoms with Crippen molar-refractivity contribution in [1.29, 1.82) is 5.26 Å². The molecular weight excluding hydrogens is 744 g/mol. The number of benzene rings is 7. The van der Waals surface area contributed by atoms with Gasteiger partial charge < -0.3 is 4.57 Å². The lowest BCUT2D eigenvalue weighted by atomic mass is 9.98. The second-order valence-electron chi connectivity index (χ2n) is 14.9. The van der Waals surface area contributed by atoms with E-state index in [9.17, 15) is 9.65 Å². The Kier molecular flexibility index (Phi) is 7.94. The molecule has 0 atom stereocenters. The van der Waals surface area contributed by atoms with Gasteiger partial charge in [-0.2, -0.15) is 5.26 Å². The number of para-hydroxylation sites is 2. The van der Waals surface area contributed by atoms with E-state index in [1.165, 1.54) is 54.6 Å². The minimum absolute atomic E-state index is 0.390. The van der Waals surface area contributed by atoms with Crippen LogP contribution in [-0.4, -0.2) is 14.1 Å². The van der Waals surface area contributed by atoms with Crippen LogP contribution >= 0.6 is 11.3 Å². The van der Waals surface area contributed by atoms with Gasteiger partial charge in [0.15, 0.2) is 0 Å². The lowest BCUT2D eigenvalue weighted by molar-refractivity contribution is 0.629. The zero-order chi connectivity index (χ0) is 39.8. The van der Waals surface area contributed by atoms with Crippen molar-refractivity contribution in [3.63, 3.8) is 0 Å². The van der Waals surface area contributed by atoms with E-state index >= 15 is 0 Å². The highest BCUT2D eigenvalue weighted by molar-refractivity contribution is 7.19.